The Hall–Kier alpha value is -1.71. The van der Waals surface area contributed by atoms with E-state index in [1.807, 2.05) is 6.07 Å². The number of ether oxygens (including phenoxy) is 1. The zero-order chi connectivity index (χ0) is 17.4. The Balaban J connectivity index is 1.28. The molecule has 4 saturated carbocycles. The minimum Gasteiger partial charge on any atom is -0.496 e. The summed E-state index contributed by atoms with van der Waals surface area (Å²) in [5.74, 6) is 4.22. The lowest BCUT2D eigenvalue weighted by Gasteiger charge is -2.54. The molecule has 0 spiro atoms. The van der Waals surface area contributed by atoms with E-state index in [2.05, 4.69) is 29.7 Å². The molecule has 4 aliphatic rings. The van der Waals surface area contributed by atoms with Gasteiger partial charge in [-0.2, -0.15) is 0 Å². The van der Waals surface area contributed by atoms with E-state index < -0.39 is 0 Å². The number of carbonyl (C=O) groups is 1. The van der Waals surface area contributed by atoms with Crippen LogP contribution in [-0.4, -0.2) is 25.7 Å². The van der Waals surface area contributed by atoms with Crippen molar-refractivity contribution in [3.8, 4) is 5.75 Å². The number of urea groups is 1. The SMILES string of the molecule is COc1ccc(C)cc1CCNC(=O)NC1C2CC3CC(C2)CC1C3. The van der Waals surface area contributed by atoms with Crippen LogP contribution in [0.4, 0.5) is 4.79 Å². The summed E-state index contributed by atoms with van der Waals surface area (Å²) in [7, 11) is 1.70. The molecule has 4 fully saturated rings. The van der Waals surface area contributed by atoms with Crippen LogP contribution >= 0.6 is 0 Å². The number of rotatable bonds is 5. The second-order valence-corrected chi connectivity index (χ2v) is 8.42. The Bertz CT molecular complexity index is 615. The predicted molar refractivity (Wildman–Crippen MR) is 98.8 cm³/mol. The lowest BCUT2D eigenvalue weighted by molar-refractivity contribution is -0.00940. The van der Waals surface area contributed by atoms with Crippen molar-refractivity contribution in [1.82, 2.24) is 10.6 Å². The fourth-order valence-electron chi connectivity index (χ4n) is 5.78. The third-order valence-corrected chi connectivity index (χ3v) is 6.64. The Kier molecular flexibility index (Phi) is 4.61. The summed E-state index contributed by atoms with van der Waals surface area (Å²) < 4.78 is 5.42. The van der Waals surface area contributed by atoms with Crippen molar-refractivity contribution < 1.29 is 9.53 Å². The first-order chi connectivity index (χ1) is 12.1. The van der Waals surface area contributed by atoms with Crippen LogP contribution in [-0.2, 0) is 6.42 Å². The highest BCUT2D eigenvalue weighted by Crippen LogP contribution is 2.53. The summed E-state index contributed by atoms with van der Waals surface area (Å²) in [4.78, 5) is 12.4. The first kappa shape index (κ1) is 16.7. The summed E-state index contributed by atoms with van der Waals surface area (Å²) in [5.41, 5.74) is 2.37. The monoisotopic (exact) mass is 342 g/mol. The van der Waals surface area contributed by atoms with Gasteiger partial charge in [0, 0.05) is 12.6 Å². The van der Waals surface area contributed by atoms with Crippen LogP contribution in [0.3, 0.4) is 0 Å². The van der Waals surface area contributed by atoms with Crippen LogP contribution in [0.2, 0.25) is 0 Å². The van der Waals surface area contributed by atoms with Gasteiger partial charge in [-0.3, -0.25) is 0 Å². The molecule has 25 heavy (non-hydrogen) atoms. The second-order valence-electron chi connectivity index (χ2n) is 8.42. The minimum atomic E-state index is 0.00379. The van der Waals surface area contributed by atoms with Gasteiger partial charge in [0.1, 0.15) is 5.75 Å². The van der Waals surface area contributed by atoms with E-state index in [-0.39, 0.29) is 6.03 Å². The van der Waals surface area contributed by atoms with E-state index in [9.17, 15) is 4.79 Å². The predicted octanol–water partition coefficient (Wildman–Crippen LogP) is 3.67. The normalized spacial score (nSPS) is 32.5. The van der Waals surface area contributed by atoms with Crippen molar-refractivity contribution >= 4 is 6.03 Å². The van der Waals surface area contributed by atoms with Crippen molar-refractivity contribution in [2.45, 2.75) is 51.5 Å². The van der Waals surface area contributed by atoms with Gasteiger partial charge in [-0.05, 0) is 80.8 Å². The molecule has 2 N–H and O–H groups in total. The third kappa shape index (κ3) is 3.49. The van der Waals surface area contributed by atoms with Crippen molar-refractivity contribution in [3.63, 3.8) is 0 Å². The van der Waals surface area contributed by atoms with Crippen LogP contribution in [0.5, 0.6) is 5.75 Å². The van der Waals surface area contributed by atoms with Crippen LogP contribution in [0.15, 0.2) is 18.2 Å². The van der Waals surface area contributed by atoms with Crippen LogP contribution < -0.4 is 15.4 Å². The average Bonchev–Trinajstić information content (AvgIpc) is 2.58. The fourth-order valence-corrected chi connectivity index (χ4v) is 5.78. The molecule has 0 radical (unpaired) electrons. The number of aryl methyl sites for hydroxylation is 1. The standard InChI is InChI=1S/C21H30N2O2/c1-13-3-4-19(25-2)16(7-13)5-6-22-21(24)23-20-17-9-14-8-15(11-17)12-18(20)10-14/h3-4,7,14-15,17-18,20H,5-6,8-12H2,1-2H3,(H2,22,23,24). The van der Waals surface area contributed by atoms with E-state index in [1.165, 1.54) is 37.7 Å². The molecule has 1 aromatic rings. The molecule has 0 aromatic heterocycles. The third-order valence-electron chi connectivity index (χ3n) is 6.64. The summed E-state index contributed by atoms with van der Waals surface area (Å²) in [6, 6.07) is 6.59. The second kappa shape index (κ2) is 6.89. The van der Waals surface area contributed by atoms with Gasteiger partial charge < -0.3 is 15.4 Å². The Morgan fingerprint density at radius 2 is 1.80 bits per heavy atom. The van der Waals surface area contributed by atoms with E-state index >= 15 is 0 Å². The Labute approximate surface area is 150 Å². The molecule has 0 aliphatic heterocycles. The molecular formula is C21H30N2O2. The Morgan fingerprint density at radius 1 is 1.12 bits per heavy atom. The van der Waals surface area contributed by atoms with Gasteiger partial charge in [0.25, 0.3) is 0 Å². The molecule has 4 aliphatic carbocycles. The topological polar surface area (TPSA) is 50.4 Å². The number of carbonyl (C=O) groups excluding carboxylic acids is 1. The number of amides is 2. The number of benzene rings is 1. The van der Waals surface area contributed by atoms with Crippen molar-refractivity contribution in [3.05, 3.63) is 29.3 Å². The van der Waals surface area contributed by atoms with E-state index in [0.717, 1.165) is 41.4 Å². The van der Waals surface area contributed by atoms with Gasteiger partial charge in [0.15, 0.2) is 0 Å². The quantitative estimate of drug-likeness (QED) is 0.858. The molecule has 1 aromatic carbocycles. The van der Waals surface area contributed by atoms with Gasteiger partial charge in [-0.25, -0.2) is 4.79 Å². The van der Waals surface area contributed by atoms with E-state index in [4.69, 9.17) is 4.74 Å². The Morgan fingerprint density at radius 3 is 2.44 bits per heavy atom. The molecule has 2 amide bonds. The summed E-state index contributed by atoms with van der Waals surface area (Å²) in [6.07, 6.45) is 7.57. The molecule has 5 rings (SSSR count). The van der Waals surface area contributed by atoms with Crippen molar-refractivity contribution in [2.75, 3.05) is 13.7 Å². The number of methoxy groups -OCH3 is 1. The van der Waals surface area contributed by atoms with Gasteiger partial charge in [-0.1, -0.05) is 17.7 Å². The average molecular weight is 342 g/mol. The first-order valence-electron chi connectivity index (χ1n) is 9.80. The zero-order valence-corrected chi connectivity index (χ0v) is 15.4. The van der Waals surface area contributed by atoms with Crippen molar-refractivity contribution in [1.29, 1.82) is 0 Å². The minimum absolute atomic E-state index is 0.00379. The van der Waals surface area contributed by atoms with Gasteiger partial charge in [0.05, 0.1) is 7.11 Å². The maximum Gasteiger partial charge on any atom is 0.315 e. The van der Waals surface area contributed by atoms with E-state index in [0.29, 0.717) is 12.6 Å². The molecule has 0 unspecified atom stereocenters. The summed E-state index contributed by atoms with van der Waals surface area (Å²) in [5, 5.41) is 6.36. The van der Waals surface area contributed by atoms with Gasteiger partial charge in [0.2, 0.25) is 0 Å². The van der Waals surface area contributed by atoms with Gasteiger partial charge >= 0.3 is 6.03 Å². The molecule has 136 valence electrons. The zero-order valence-electron chi connectivity index (χ0n) is 15.4. The molecular weight excluding hydrogens is 312 g/mol. The number of nitrogens with one attached hydrogen (secondary N) is 2. The van der Waals surface area contributed by atoms with Crippen LogP contribution in [0.1, 0.15) is 43.2 Å². The number of hydrogen-bond acceptors (Lipinski definition) is 2. The summed E-state index contributed by atoms with van der Waals surface area (Å²) in [6.45, 7) is 2.72. The fraction of sp³-hybridized carbons (Fsp3) is 0.667. The lowest BCUT2D eigenvalue weighted by Crippen LogP contribution is -2.57. The maximum absolute atomic E-state index is 12.4. The molecule has 4 bridgehead atoms. The highest BCUT2D eigenvalue weighted by Gasteiger charge is 2.48. The van der Waals surface area contributed by atoms with Crippen LogP contribution in [0, 0.1) is 30.6 Å². The molecule has 0 heterocycles. The van der Waals surface area contributed by atoms with Gasteiger partial charge in [-0.15, -0.1) is 0 Å². The molecule has 0 saturated heterocycles. The molecule has 0 atom stereocenters. The van der Waals surface area contributed by atoms with Crippen LogP contribution in [0.25, 0.3) is 0 Å². The highest BCUT2D eigenvalue weighted by atomic mass is 16.5. The smallest absolute Gasteiger partial charge is 0.315 e. The highest BCUT2D eigenvalue weighted by molar-refractivity contribution is 5.74. The van der Waals surface area contributed by atoms with Crippen molar-refractivity contribution in [2.24, 2.45) is 23.7 Å². The molecule has 4 heteroatoms. The number of hydrogen-bond donors (Lipinski definition) is 2. The van der Waals surface area contributed by atoms with E-state index in [1.54, 1.807) is 7.11 Å². The largest absolute Gasteiger partial charge is 0.496 e. The first-order valence-corrected chi connectivity index (χ1v) is 9.80. The maximum atomic E-state index is 12.4. The summed E-state index contributed by atoms with van der Waals surface area (Å²) >= 11 is 0. The lowest BCUT2D eigenvalue weighted by atomic mass is 9.54. The molecule has 4 nitrogen and oxygen atoms in total.